The van der Waals surface area contributed by atoms with Gasteiger partial charge in [0, 0.05) is 43.1 Å². The Morgan fingerprint density at radius 2 is 1.72 bits per heavy atom. The molecule has 4 rings (SSSR count). The van der Waals surface area contributed by atoms with Crippen LogP contribution in [0, 0.1) is 22.7 Å². The van der Waals surface area contributed by atoms with E-state index < -0.39 is 65.1 Å². The third-order valence-electron chi connectivity index (χ3n) is 9.21. The molecule has 1 aromatic carbocycles. The normalized spacial score (nSPS) is 36.2. The summed E-state index contributed by atoms with van der Waals surface area (Å²) < 4.78 is 11.4. The van der Waals surface area contributed by atoms with Crippen LogP contribution in [0.4, 0.5) is 0 Å². The molecule has 8 atom stereocenters. The van der Waals surface area contributed by atoms with E-state index in [1.165, 1.54) is 13.0 Å². The van der Waals surface area contributed by atoms with Gasteiger partial charge in [-0.05, 0) is 40.7 Å². The highest BCUT2D eigenvalue weighted by atomic mass is 16.6. The van der Waals surface area contributed by atoms with Gasteiger partial charge >= 0.3 is 11.9 Å². The monoisotopic (exact) mass is 538 g/mol. The molecule has 2 bridgehead atoms. The van der Waals surface area contributed by atoms with Gasteiger partial charge in [0.1, 0.15) is 12.2 Å². The summed E-state index contributed by atoms with van der Waals surface area (Å²) in [4.78, 5) is 38.0. The third kappa shape index (κ3) is 4.90. The second-order valence-corrected chi connectivity index (χ2v) is 11.8. The first kappa shape index (κ1) is 28.9. The molecule has 0 aromatic heterocycles. The maximum absolute atomic E-state index is 13.1. The Labute approximate surface area is 229 Å². The van der Waals surface area contributed by atoms with E-state index in [0.717, 1.165) is 5.56 Å². The zero-order chi connectivity index (χ0) is 28.9. The highest BCUT2D eigenvalue weighted by Crippen LogP contribution is 2.59. The van der Waals surface area contributed by atoms with E-state index in [4.69, 9.17) is 9.47 Å². The van der Waals surface area contributed by atoms with E-state index in [9.17, 15) is 29.7 Å². The predicted molar refractivity (Wildman–Crippen MR) is 144 cm³/mol. The van der Waals surface area contributed by atoms with Crippen LogP contribution in [0.5, 0.6) is 0 Å². The van der Waals surface area contributed by atoms with E-state index in [-0.39, 0.29) is 18.6 Å². The van der Waals surface area contributed by atoms with Crippen molar-refractivity contribution < 1.29 is 39.2 Å². The zero-order valence-corrected chi connectivity index (χ0v) is 23.1. The lowest BCUT2D eigenvalue weighted by molar-refractivity contribution is -0.205. The van der Waals surface area contributed by atoms with Crippen LogP contribution in [-0.2, 0) is 23.9 Å². The molecular formula is C31H38O8. The van der Waals surface area contributed by atoms with Crippen molar-refractivity contribution in [3.05, 3.63) is 65.3 Å². The number of ether oxygens (including phenoxy) is 2. The second-order valence-electron chi connectivity index (χ2n) is 11.8. The summed E-state index contributed by atoms with van der Waals surface area (Å²) in [6, 6.07) is 9.22. The molecule has 0 amide bonds. The lowest BCUT2D eigenvalue weighted by atomic mass is 9.49. The van der Waals surface area contributed by atoms with Crippen LogP contribution in [0.3, 0.4) is 0 Å². The van der Waals surface area contributed by atoms with Crippen molar-refractivity contribution >= 4 is 23.8 Å². The topological polar surface area (TPSA) is 130 Å². The highest BCUT2D eigenvalue weighted by Gasteiger charge is 2.64. The van der Waals surface area contributed by atoms with Gasteiger partial charge < -0.3 is 24.8 Å². The van der Waals surface area contributed by atoms with Gasteiger partial charge in [-0.1, -0.05) is 57.7 Å². The average molecular weight is 539 g/mol. The molecule has 3 aliphatic carbocycles. The number of fused-ring (bicyclic) bond motifs is 3. The lowest BCUT2D eigenvalue weighted by Crippen LogP contribution is -2.66. The molecule has 39 heavy (non-hydrogen) atoms. The molecule has 0 saturated heterocycles. The van der Waals surface area contributed by atoms with Crippen molar-refractivity contribution in [2.75, 3.05) is 0 Å². The maximum atomic E-state index is 13.1. The fourth-order valence-corrected chi connectivity index (χ4v) is 7.00. The van der Waals surface area contributed by atoms with Gasteiger partial charge in [0.05, 0.1) is 12.2 Å². The van der Waals surface area contributed by atoms with Crippen LogP contribution >= 0.6 is 0 Å². The molecule has 0 unspecified atom stereocenters. The van der Waals surface area contributed by atoms with E-state index in [1.807, 2.05) is 44.2 Å². The smallest absolute Gasteiger partial charge is 0.331 e. The number of hydrogen-bond acceptors (Lipinski definition) is 8. The Kier molecular flexibility index (Phi) is 7.78. The largest absolute Gasteiger partial charge is 0.455 e. The van der Waals surface area contributed by atoms with Gasteiger partial charge in [-0.15, -0.1) is 0 Å². The van der Waals surface area contributed by atoms with E-state index in [0.29, 0.717) is 16.7 Å². The number of carbonyl (C=O) groups is 3. The van der Waals surface area contributed by atoms with Crippen LogP contribution in [0.15, 0.2) is 59.7 Å². The Balaban J connectivity index is 1.75. The Hall–Kier alpha value is -3.07. The second kappa shape index (κ2) is 10.5. The van der Waals surface area contributed by atoms with Gasteiger partial charge in [0.2, 0.25) is 0 Å². The first-order chi connectivity index (χ1) is 18.2. The van der Waals surface area contributed by atoms with Gasteiger partial charge in [0.25, 0.3) is 0 Å². The summed E-state index contributed by atoms with van der Waals surface area (Å²) in [6.45, 7) is 12.4. The molecular weight excluding hydrogens is 500 g/mol. The van der Waals surface area contributed by atoms with Crippen LogP contribution in [-0.4, -0.2) is 63.6 Å². The van der Waals surface area contributed by atoms with Crippen molar-refractivity contribution in [2.45, 2.75) is 78.0 Å². The van der Waals surface area contributed by atoms with Crippen molar-refractivity contribution in [3.63, 3.8) is 0 Å². The molecule has 2 fully saturated rings. The number of esters is 2. The molecule has 0 radical (unpaired) electrons. The summed E-state index contributed by atoms with van der Waals surface area (Å²) >= 11 is 0. The molecule has 0 heterocycles. The minimum Gasteiger partial charge on any atom is -0.455 e. The summed E-state index contributed by atoms with van der Waals surface area (Å²) in [5.41, 5.74) is -0.300. The van der Waals surface area contributed by atoms with Crippen LogP contribution in [0.1, 0.15) is 53.0 Å². The molecule has 8 heteroatoms. The number of rotatable bonds is 4. The fourth-order valence-electron chi connectivity index (χ4n) is 7.00. The molecule has 210 valence electrons. The van der Waals surface area contributed by atoms with E-state index >= 15 is 0 Å². The average Bonchev–Trinajstić information content (AvgIpc) is 2.87. The fraction of sp³-hybridized carbons (Fsp3) is 0.516. The molecule has 0 spiro atoms. The Morgan fingerprint density at radius 3 is 2.33 bits per heavy atom. The molecule has 0 aliphatic heterocycles. The van der Waals surface area contributed by atoms with E-state index in [1.54, 1.807) is 19.9 Å². The summed E-state index contributed by atoms with van der Waals surface area (Å²) in [6.07, 6.45) is -3.27. The molecule has 2 saturated carbocycles. The molecule has 1 aromatic rings. The number of allylic oxidation sites excluding steroid dienone is 1. The SMILES string of the molecule is C=C1[C@@H](OC(=O)/C=C\c2ccccc2)C[C@@H](O)[C@@]2(C)[C@@H](O)[C@H](OC(C)=O)C3=C(C)C(=O)C[C@@H]([C@@H](O)[C@H]12)C3(C)C. The van der Waals surface area contributed by atoms with Crippen LogP contribution < -0.4 is 0 Å². The lowest BCUT2D eigenvalue weighted by Gasteiger charge is -2.59. The van der Waals surface area contributed by atoms with Gasteiger partial charge in [-0.3, -0.25) is 9.59 Å². The predicted octanol–water partition coefficient (Wildman–Crippen LogP) is 3.15. The molecule has 8 nitrogen and oxygen atoms in total. The number of aliphatic hydroxyl groups is 3. The molecule has 3 aliphatic rings. The zero-order valence-electron chi connectivity index (χ0n) is 23.1. The number of benzene rings is 1. The van der Waals surface area contributed by atoms with Crippen molar-refractivity contribution in [1.82, 2.24) is 0 Å². The summed E-state index contributed by atoms with van der Waals surface area (Å²) in [5, 5.41) is 35.2. The minimum absolute atomic E-state index is 0.0343. The molecule has 3 N–H and O–H groups in total. The number of Topliss-reactive ketones (excluding diaryl/α,β-unsaturated/α-hetero) is 1. The summed E-state index contributed by atoms with van der Waals surface area (Å²) in [7, 11) is 0. The van der Waals surface area contributed by atoms with Crippen molar-refractivity contribution in [2.24, 2.45) is 22.7 Å². The minimum atomic E-state index is -1.49. The summed E-state index contributed by atoms with van der Waals surface area (Å²) in [5.74, 6) is -3.10. The van der Waals surface area contributed by atoms with E-state index in [2.05, 4.69) is 6.58 Å². The number of aliphatic hydroxyl groups excluding tert-OH is 3. The highest BCUT2D eigenvalue weighted by molar-refractivity contribution is 5.97. The van der Waals surface area contributed by atoms with Gasteiger partial charge in [-0.2, -0.15) is 0 Å². The first-order valence-corrected chi connectivity index (χ1v) is 13.3. The quantitative estimate of drug-likeness (QED) is 0.303. The van der Waals surface area contributed by atoms with Crippen LogP contribution in [0.25, 0.3) is 6.08 Å². The maximum Gasteiger partial charge on any atom is 0.331 e. The van der Waals surface area contributed by atoms with Crippen molar-refractivity contribution in [3.8, 4) is 0 Å². The first-order valence-electron chi connectivity index (χ1n) is 13.3. The van der Waals surface area contributed by atoms with Gasteiger partial charge in [0.15, 0.2) is 11.9 Å². The number of hydrogen-bond donors (Lipinski definition) is 3. The third-order valence-corrected chi connectivity index (χ3v) is 9.21. The van der Waals surface area contributed by atoms with Gasteiger partial charge in [-0.25, -0.2) is 4.79 Å². The Bertz CT molecular complexity index is 1230. The Morgan fingerprint density at radius 1 is 1.08 bits per heavy atom. The number of carbonyl (C=O) groups excluding carboxylic acids is 3. The number of ketones is 1. The standard InChI is InChI=1S/C31H38O8/c1-16-21(33)14-20-27(36)25-17(2)22(39-24(35)13-12-19-10-8-7-9-11-19)15-23(34)31(25,6)29(37)28(38-18(3)32)26(16)30(20,4)5/h7-13,20,22-23,25,27-29,34,36-37H,2,14-15H2,1,3-6H3/b13-12-/t20-,22-,23+,25-,27+,28+,29-,31+/m0/s1. The van der Waals surface area contributed by atoms with Crippen molar-refractivity contribution in [1.29, 1.82) is 0 Å². The van der Waals surface area contributed by atoms with Crippen LogP contribution in [0.2, 0.25) is 0 Å².